The van der Waals surface area contributed by atoms with E-state index < -0.39 is 0 Å². The van der Waals surface area contributed by atoms with Crippen LogP contribution < -0.4 is 10.4 Å². The van der Waals surface area contributed by atoms with Crippen molar-refractivity contribution in [2.45, 2.75) is 0 Å². The summed E-state index contributed by atoms with van der Waals surface area (Å²) in [5, 5.41) is 2.08. The van der Waals surface area contributed by atoms with Crippen LogP contribution in [0.1, 0.15) is 0 Å². The second-order valence-corrected chi connectivity index (χ2v) is 3.36. The molecule has 2 aliphatic heterocycles. The van der Waals surface area contributed by atoms with Crippen LogP contribution in [0.4, 0.5) is 5.69 Å². The lowest BCUT2D eigenvalue weighted by molar-refractivity contribution is -0.118. The average Bonchev–Trinajstić information content (AvgIpc) is 3.03. The first kappa shape index (κ1) is 11.2. The van der Waals surface area contributed by atoms with Crippen molar-refractivity contribution >= 4 is 18.0 Å². The van der Waals surface area contributed by atoms with Gasteiger partial charge >= 0.3 is 0 Å². The maximum Gasteiger partial charge on any atom is 0.124 e. The van der Waals surface area contributed by atoms with E-state index in [1.165, 1.54) is 5.69 Å². The Bertz CT molecular complexity index is 421. The van der Waals surface area contributed by atoms with E-state index in [0.29, 0.717) is 0 Å². The average molecular weight is 230 g/mol. The first-order valence-corrected chi connectivity index (χ1v) is 5.20. The molecule has 5 heteroatoms. The predicted octanol–water partition coefficient (Wildman–Crippen LogP) is 0.973. The van der Waals surface area contributed by atoms with Gasteiger partial charge in [-0.05, 0) is 18.2 Å². The number of hydrogen-bond donors (Lipinski definition) is 1. The van der Waals surface area contributed by atoms with E-state index >= 15 is 0 Å². The van der Waals surface area contributed by atoms with Gasteiger partial charge in [0.15, 0.2) is 0 Å². The van der Waals surface area contributed by atoms with Crippen molar-refractivity contribution < 1.29 is 9.53 Å². The van der Waals surface area contributed by atoms with E-state index in [0.717, 1.165) is 6.54 Å². The van der Waals surface area contributed by atoms with Gasteiger partial charge in [-0.15, -0.1) is 0 Å². The Morgan fingerprint density at radius 3 is 2.65 bits per heavy atom. The number of hydrazine groups is 1. The van der Waals surface area contributed by atoms with Crippen molar-refractivity contribution in [2.24, 2.45) is 4.99 Å². The molecule has 1 aromatic rings. The maximum atomic E-state index is 9.89. The number of carbonyl (C=O) groups excluding carboxylic acids is 1. The van der Waals surface area contributed by atoms with Crippen molar-refractivity contribution in [1.82, 2.24) is 5.43 Å². The van der Waals surface area contributed by atoms with E-state index in [1.807, 2.05) is 30.8 Å². The number of nitrogens with zero attached hydrogens (tertiary/aromatic N) is 2. The Hall–Kier alpha value is -2.30. The molecule has 3 rings (SSSR count). The standard InChI is InChI=1S/C9H10N2.C3H2NO2/c1-2-5-9(6-3-1)11-8-4-7-10-11;5-3-1-6-2-4-3/h1-7,10H,8H2;1H2/q;-1. The van der Waals surface area contributed by atoms with Gasteiger partial charge in [0.2, 0.25) is 0 Å². The van der Waals surface area contributed by atoms with Gasteiger partial charge in [0.25, 0.3) is 0 Å². The molecule has 2 heterocycles. The van der Waals surface area contributed by atoms with Crippen LogP contribution in [0.15, 0.2) is 47.6 Å². The Morgan fingerprint density at radius 1 is 1.35 bits per heavy atom. The molecule has 1 aromatic carbocycles. The third-order valence-corrected chi connectivity index (χ3v) is 2.13. The highest BCUT2D eigenvalue weighted by molar-refractivity contribution is 5.88. The SMILES string of the molecule is C1=CNN(c2ccccc2)C1.O=C1CO[C-]=N1. The Morgan fingerprint density at radius 2 is 2.18 bits per heavy atom. The predicted molar refractivity (Wildman–Crippen MR) is 64.5 cm³/mol. The van der Waals surface area contributed by atoms with Gasteiger partial charge in [0.05, 0.1) is 18.8 Å². The summed E-state index contributed by atoms with van der Waals surface area (Å²) >= 11 is 0. The van der Waals surface area contributed by atoms with Crippen molar-refractivity contribution in [3.05, 3.63) is 42.6 Å². The number of nitrogens with one attached hydrogen (secondary N) is 1. The molecule has 0 radical (unpaired) electrons. The molecule has 1 N–H and O–H groups in total. The smallest absolute Gasteiger partial charge is 0.124 e. The molecule has 0 aromatic heterocycles. The first-order chi connectivity index (χ1) is 8.36. The summed E-state index contributed by atoms with van der Waals surface area (Å²) in [5.74, 6) is -0.255. The number of ether oxygens (including phenoxy) is 1. The summed E-state index contributed by atoms with van der Waals surface area (Å²) < 4.78 is 4.29. The molecule has 5 nitrogen and oxygen atoms in total. The number of anilines is 1. The van der Waals surface area contributed by atoms with Gasteiger partial charge in [0, 0.05) is 12.6 Å². The van der Waals surface area contributed by atoms with Gasteiger partial charge in [-0.2, -0.15) is 0 Å². The number of rotatable bonds is 1. The Balaban J connectivity index is 0.000000153. The van der Waals surface area contributed by atoms with Crippen molar-refractivity contribution in [1.29, 1.82) is 0 Å². The summed E-state index contributed by atoms with van der Waals surface area (Å²) in [4.78, 5) is 13.0. The zero-order chi connectivity index (χ0) is 11.9. The van der Waals surface area contributed by atoms with Gasteiger partial charge in [-0.25, -0.2) is 0 Å². The Labute approximate surface area is 99.4 Å². The molecule has 0 fully saturated rings. The summed E-state index contributed by atoms with van der Waals surface area (Å²) in [7, 11) is 0. The number of hydrogen-bond acceptors (Lipinski definition) is 4. The topological polar surface area (TPSA) is 53.9 Å². The minimum absolute atomic E-state index is 0.0694. The van der Waals surface area contributed by atoms with E-state index in [2.05, 4.69) is 38.4 Å². The molecule has 0 spiro atoms. The lowest BCUT2D eigenvalue weighted by Gasteiger charge is -2.17. The minimum Gasteiger partial charge on any atom is -0.581 e. The molecule has 1 amide bonds. The van der Waals surface area contributed by atoms with Crippen LogP contribution in [-0.4, -0.2) is 25.5 Å². The molecule has 17 heavy (non-hydrogen) atoms. The monoisotopic (exact) mass is 230 g/mol. The molecular formula is C12H12N3O2-. The molecule has 88 valence electrons. The quantitative estimate of drug-likeness (QED) is 0.730. The first-order valence-electron chi connectivity index (χ1n) is 5.20. The number of aliphatic imine (C=N–C) groups is 1. The molecule has 0 unspecified atom stereocenters. The van der Waals surface area contributed by atoms with E-state index in [4.69, 9.17) is 0 Å². The van der Waals surface area contributed by atoms with E-state index in [9.17, 15) is 4.79 Å². The van der Waals surface area contributed by atoms with Crippen LogP contribution >= 0.6 is 0 Å². The summed E-state index contributed by atoms with van der Waals surface area (Å²) in [5.41, 5.74) is 4.33. The lowest BCUT2D eigenvalue weighted by atomic mass is 10.3. The van der Waals surface area contributed by atoms with Crippen LogP contribution in [0, 0.1) is 0 Å². The zero-order valence-corrected chi connectivity index (χ0v) is 9.17. The number of amides is 1. The third-order valence-electron chi connectivity index (χ3n) is 2.13. The third kappa shape index (κ3) is 3.34. The zero-order valence-electron chi connectivity index (χ0n) is 9.17. The van der Waals surface area contributed by atoms with Gasteiger partial charge in [0.1, 0.15) is 5.91 Å². The highest BCUT2D eigenvalue weighted by Gasteiger charge is 2.04. The molecular weight excluding hydrogens is 218 g/mol. The van der Waals surface area contributed by atoms with Crippen LogP contribution in [-0.2, 0) is 9.53 Å². The molecule has 0 atom stereocenters. The second kappa shape index (κ2) is 5.69. The highest BCUT2D eigenvalue weighted by atomic mass is 16.5. The molecule has 0 bridgehead atoms. The second-order valence-electron chi connectivity index (χ2n) is 3.36. The van der Waals surface area contributed by atoms with Crippen molar-refractivity contribution in [3.8, 4) is 0 Å². The fraction of sp³-hybridized carbons (Fsp3) is 0.167. The normalized spacial score (nSPS) is 16.2. The summed E-state index contributed by atoms with van der Waals surface area (Å²) in [6.45, 7) is 1.02. The lowest BCUT2D eigenvalue weighted by Crippen LogP contribution is -2.29. The van der Waals surface area contributed by atoms with Crippen LogP contribution in [0.3, 0.4) is 0 Å². The number of para-hydroxylation sites is 1. The number of carbonyl (C=O) groups is 1. The van der Waals surface area contributed by atoms with Crippen LogP contribution in [0.25, 0.3) is 0 Å². The van der Waals surface area contributed by atoms with Gasteiger partial charge in [-0.1, -0.05) is 18.2 Å². The van der Waals surface area contributed by atoms with Crippen LogP contribution in [0.5, 0.6) is 0 Å². The molecule has 2 aliphatic rings. The minimum atomic E-state index is -0.255. The highest BCUT2D eigenvalue weighted by Crippen LogP contribution is 2.12. The Kier molecular flexibility index (Phi) is 3.75. The van der Waals surface area contributed by atoms with Crippen molar-refractivity contribution in [3.63, 3.8) is 0 Å². The maximum absolute atomic E-state index is 9.89. The summed E-state index contributed by atoms with van der Waals surface area (Å²) in [6.07, 6.45) is 6.09. The fourth-order valence-corrected chi connectivity index (χ4v) is 1.35. The van der Waals surface area contributed by atoms with Crippen LogP contribution in [0.2, 0.25) is 0 Å². The largest absolute Gasteiger partial charge is 0.581 e. The summed E-state index contributed by atoms with van der Waals surface area (Å²) in [6, 6.07) is 10.3. The number of benzene rings is 1. The fourth-order valence-electron chi connectivity index (χ4n) is 1.35. The molecule has 0 saturated heterocycles. The van der Waals surface area contributed by atoms with E-state index in [1.54, 1.807) is 0 Å². The van der Waals surface area contributed by atoms with Gasteiger partial charge < -0.3 is 19.9 Å². The molecule has 0 saturated carbocycles. The van der Waals surface area contributed by atoms with E-state index in [-0.39, 0.29) is 12.5 Å². The molecule has 0 aliphatic carbocycles. The van der Waals surface area contributed by atoms with Gasteiger partial charge in [-0.3, -0.25) is 5.01 Å². The van der Waals surface area contributed by atoms with Crippen molar-refractivity contribution in [2.75, 3.05) is 18.2 Å².